The first kappa shape index (κ1) is 12.2. The molecule has 6 nitrogen and oxygen atoms in total. The van der Waals surface area contributed by atoms with Crippen molar-refractivity contribution in [2.75, 3.05) is 12.8 Å². The van der Waals surface area contributed by atoms with E-state index in [1.807, 2.05) is 30.3 Å². The predicted octanol–water partition coefficient (Wildman–Crippen LogP) is 2.26. The second kappa shape index (κ2) is 4.65. The van der Waals surface area contributed by atoms with E-state index in [9.17, 15) is 4.79 Å². The summed E-state index contributed by atoms with van der Waals surface area (Å²) in [5.74, 6) is 0.307. The number of nitrogen functional groups attached to an aromatic ring is 1. The number of ether oxygens (including phenoxy) is 1. The number of hydrogen-bond donors (Lipinski definition) is 1. The lowest BCUT2D eigenvalue weighted by atomic mass is 10.2. The predicted molar refractivity (Wildman–Crippen MR) is 73.0 cm³/mol. The van der Waals surface area contributed by atoms with Crippen LogP contribution in [0.4, 0.5) is 5.82 Å². The minimum absolute atomic E-state index is 0.0577. The molecule has 2 aromatic heterocycles. The molecule has 100 valence electrons. The van der Waals surface area contributed by atoms with Crippen LogP contribution < -0.4 is 5.73 Å². The number of carbonyl (C=O) groups excluding carboxylic acids is 1. The Morgan fingerprint density at radius 3 is 2.85 bits per heavy atom. The van der Waals surface area contributed by atoms with Gasteiger partial charge in [0.1, 0.15) is 17.0 Å². The monoisotopic (exact) mass is 269 g/mol. The van der Waals surface area contributed by atoms with Crippen LogP contribution in [0.1, 0.15) is 10.4 Å². The molecule has 2 N–H and O–H groups in total. The van der Waals surface area contributed by atoms with Gasteiger partial charge in [-0.3, -0.25) is 0 Å². The van der Waals surface area contributed by atoms with E-state index in [0.717, 1.165) is 11.0 Å². The SMILES string of the molecule is COC(=O)c1cnc(-c2cc3ccccc3o2)nc1N. The van der Waals surface area contributed by atoms with Crippen molar-refractivity contribution in [3.8, 4) is 11.6 Å². The Hall–Kier alpha value is -2.89. The van der Waals surface area contributed by atoms with Crippen LogP contribution >= 0.6 is 0 Å². The largest absolute Gasteiger partial charge is 0.465 e. The van der Waals surface area contributed by atoms with Gasteiger partial charge < -0.3 is 14.9 Å². The average Bonchev–Trinajstić information content (AvgIpc) is 2.90. The van der Waals surface area contributed by atoms with Gasteiger partial charge in [-0.15, -0.1) is 0 Å². The van der Waals surface area contributed by atoms with Gasteiger partial charge in [-0.05, 0) is 12.1 Å². The van der Waals surface area contributed by atoms with Crippen molar-refractivity contribution in [3.63, 3.8) is 0 Å². The second-order valence-corrected chi connectivity index (χ2v) is 4.13. The fourth-order valence-electron chi connectivity index (χ4n) is 1.87. The highest BCUT2D eigenvalue weighted by molar-refractivity contribution is 5.94. The average molecular weight is 269 g/mol. The number of furan rings is 1. The summed E-state index contributed by atoms with van der Waals surface area (Å²) in [7, 11) is 1.27. The first-order valence-corrected chi connectivity index (χ1v) is 5.89. The third kappa shape index (κ3) is 1.97. The standard InChI is InChI=1S/C14H11N3O3/c1-19-14(18)9-7-16-13(17-12(9)15)11-6-8-4-2-3-5-10(8)20-11/h2-7H,1H3,(H2,15,16,17). The van der Waals surface area contributed by atoms with Crippen molar-refractivity contribution in [2.24, 2.45) is 0 Å². The molecular weight excluding hydrogens is 258 g/mol. The summed E-state index contributed by atoms with van der Waals surface area (Å²) in [6.07, 6.45) is 1.33. The smallest absolute Gasteiger partial charge is 0.343 e. The summed E-state index contributed by atoms with van der Waals surface area (Å²) in [5, 5.41) is 0.946. The van der Waals surface area contributed by atoms with E-state index in [0.29, 0.717) is 11.6 Å². The number of hydrogen-bond acceptors (Lipinski definition) is 6. The van der Waals surface area contributed by atoms with Gasteiger partial charge in [0.2, 0.25) is 0 Å². The summed E-state index contributed by atoms with van der Waals surface area (Å²) in [5.41, 5.74) is 6.61. The molecule has 2 heterocycles. The molecule has 0 saturated carbocycles. The molecule has 0 saturated heterocycles. The number of benzene rings is 1. The van der Waals surface area contributed by atoms with Gasteiger partial charge in [0.15, 0.2) is 11.6 Å². The fraction of sp³-hybridized carbons (Fsp3) is 0.0714. The minimum atomic E-state index is -0.571. The molecule has 0 amide bonds. The van der Waals surface area contributed by atoms with E-state index in [1.54, 1.807) is 0 Å². The topological polar surface area (TPSA) is 91.2 Å². The molecule has 3 aromatic rings. The number of fused-ring (bicyclic) bond motifs is 1. The summed E-state index contributed by atoms with van der Waals surface area (Å²) >= 11 is 0. The Balaban J connectivity index is 2.06. The second-order valence-electron chi connectivity index (χ2n) is 4.13. The molecule has 20 heavy (non-hydrogen) atoms. The maximum atomic E-state index is 11.4. The molecule has 0 atom stereocenters. The van der Waals surface area contributed by atoms with Gasteiger partial charge in [-0.1, -0.05) is 18.2 Å². The van der Waals surface area contributed by atoms with E-state index in [4.69, 9.17) is 10.2 Å². The molecular formula is C14H11N3O3. The zero-order chi connectivity index (χ0) is 14.1. The number of anilines is 1. The molecule has 0 aliphatic heterocycles. The van der Waals surface area contributed by atoms with Crippen molar-refractivity contribution in [2.45, 2.75) is 0 Å². The van der Waals surface area contributed by atoms with Crippen LogP contribution in [-0.4, -0.2) is 23.0 Å². The van der Waals surface area contributed by atoms with Gasteiger partial charge in [0.25, 0.3) is 0 Å². The van der Waals surface area contributed by atoms with E-state index >= 15 is 0 Å². The van der Waals surface area contributed by atoms with E-state index in [-0.39, 0.29) is 11.4 Å². The van der Waals surface area contributed by atoms with Gasteiger partial charge in [-0.25, -0.2) is 14.8 Å². The highest BCUT2D eigenvalue weighted by Crippen LogP contribution is 2.26. The lowest BCUT2D eigenvalue weighted by Gasteiger charge is -2.03. The Bertz CT molecular complexity index is 762. The van der Waals surface area contributed by atoms with E-state index in [2.05, 4.69) is 14.7 Å². The van der Waals surface area contributed by atoms with Crippen LogP contribution in [0.5, 0.6) is 0 Å². The molecule has 0 radical (unpaired) electrons. The van der Waals surface area contributed by atoms with E-state index in [1.165, 1.54) is 13.3 Å². The third-order valence-electron chi connectivity index (χ3n) is 2.87. The number of nitrogens with zero attached hydrogens (tertiary/aromatic N) is 2. The quantitative estimate of drug-likeness (QED) is 0.717. The summed E-state index contributed by atoms with van der Waals surface area (Å²) in [4.78, 5) is 19.6. The highest BCUT2D eigenvalue weighted by atomic mass is 16.5. The van der Waals surface area contributed by atoms with Gasteiger partial charge in [-0.2, -0.15) is 0 Å². The Kier molecular flexibility index (Phi) is 2.83. The summed E-state index contributed by atoms with van der Waals surface area (Å²) < 4.78 is 10.2. The van der Waals surface area contributed by atoms with Crippen molar-refractivity contribution in [1.82, 2.24) is 9.97 Å². The van der Waals surface area contributed by atoms with Crippen LogP contribution in [0.3, 0.4) is 0 Å². The van der Waals surface area contributed by atoms with Gasteiger partial charge in [0.05, 0.1) is 7.11 Å². The number of carbonyl (C=O) groups is 1. The maximum Gasteiger partial charge on any atom is 0.343 e. The summed E-state index contributed by atoms with van der Waals surface area (Å²) in [6.45, 7) is 0. The third-order valence-corrected chi connectivity index (χ3v) is 2.87. The number of nitrogens with two attached hydrogens (primary N) is 1. The first-order chi connectivity index (χ1) is 9.69. The van der Waals surface area contributed by atoms with Crippen LogP contribution in [0.25, 0.3) is 22.6 Å². The van der Waals surface area contributed by atoms with Gasteiger partial charge in [0, 0.05) is 11.6 Å². The lowest BCUT2D eigenvalue weighted by Crippen LogP contribution is -2.08. The lowest BCUT2D eigenvalue weighted by molar-refractivity contribution is 0.0601. The summed E-state index contributed by atoms with van der Waals surface area (Å²) in [6, 6.07) is 9.39. The zero-order valence-corrected chi connectivity index (χ0v) is 10.7. The minimum Gasteiger partial charge on any atom is -0.465 e. The number of aromatic nitrogens is 2. The maximum absolute atomic E-state index is 11.4. The molecule has 0 bridgehead atoms. The molecule has 0 aliphatic carbocycles. The van der Waals surface area contributed by atoms with Crippen molar-refractivity contribution in [1.29, 1.82) is 0 Å². The molecule has 1 aromatic carbocycles. The van der Waals surface area contributed by atoms with E-state index < -0.39 is 5.97 Å². The number of esters is 1. The number of rotatable bonds is 2. The molecule has 0 fully saturated rings. The number of methoxy groups -OCH3 is 1. The van der Waals surface area contributed by atoms with Crippen molar-refractivity contribution in [3.05, 3.63) is 42.1 Å². The highest BCUT2D eigenvalue weighted by Gasteiger charge is 2.15. The Morgan fingerprint density at radius 1 is 1.35 bits per heavy atom. The molecule has 0 spiro atoms. The number of para-hydroxylation sites is 1. The van der Waals surface area contributed by atoms with Crippen molar-refractivity contribution < 1.29 is 13.9 Å². The fourth-order valence-corrected chi connectivity index (χ4v) is 1.87. The normalized spacial score (nSPS) is 10.7. The molecule has 3 rings (SSSR count). The first-order valence-electron chi connectivity index (χ1n) is 5.89. The molecule has 0 unspecified atom stereocenters. The van der Waals surface area contributed by atoms with Gasteiger partial charge >= 0.3 is 5.97 Å². The van der Waals surface area contributed by atoms with Crippen LogP contribution in [0.15, 0.2) is 40.9 Å². The van der Waals surface area contributed by atoms with Crippen LogP contribution in [0.2, 0.25) is 0 Å². The van der Waals surface area contributed by atoms with Crippen LogP contribution in [0, 0.1) is 0 Å². The van der Waals surface area contributed by atoms with Crippen molar-refractivity contribution >= 4 is 22.8 Å². The Morgan fingerprint density at radius 2 is 2.15 bits per heavy atom. The Labute approximate surface area is 114 Å². The van der Waals surface area contributed by atoms with Crippen LogP contribution in [-0.2, 0) is 4.74 Å². The molecule has 0 aliphatic rings. The zero-order valence-electron chi connectivity index (χ0n) is 10.7. The molecule has 6 heteroatoms.